The molecule has 0 aromatic heterocycles. The first kappa shape index (κ1) is 19.7. The minimum Gasteiger partial charge on any atom is -0.497 e. The van der Waals surface area contributed by atoms with E-state index >= 15 is 0 Å². The first-order valence-electron chi connectivity index (χ1n) is 8.13. The number of rotatable bonds is 8. The Kier molecular flexibility index (Phi) is 8.02. The lowest BCUT2D eigenvalue weighted by Gasteiger charge is -2.29. The normalized spacial score (nSPS) is 13.4. The Balaban J connectivity index is 2.87. The average Bonchev–Trinajstić information content (AvgIpc) is 2.62. The molecule has 5 heteroatoms. The Hall–Kier alpha value is -2.30. The molecular weight excluding hydrogens is 306 g/mol. The highest BCUT2D eigenvalue weighted by Gasteiger charge is 2.23. The number of carbonyl (C=O) groups excluding carboxylic acids is 2. The summed E-state index contributed by atoms with van der Waals surface area (Å²) in [5.74, 6) is -0.0586. The molecule has 2 unspecified atom stereocenters. The van der Waals surface area contributed by atoms with Gasteiger partial charge in [0.2, 0.25) is 5.91 Å². The van der Waals surface area contributed by atoms with Crippen LogP contribution in [0.4, 0.5) is 0 Å². The molecule has 0 heterocycles. The molecule has 0 saturated heterocycles. The van der Waals surface area contributed by atoms with Gasteiger partial charge in [-0.25, -0.2) is 0 Å². The van der Waals surface area contributed by atoms with Gasteiger partial charge in [0.1, 0.15) is 5.75 Å². The van der Waals surface area contributed by atoms with Crippen LogP contribution in [0.25, 0.3) is 6.08 Å². The monoisotopic (exact) mass is 333 g/mol. The van der Waals surface area contributed by atoms with Crippen LogP contribution in [0.15, 0.2) is 30.3 Å². The zero-order chi connectivity index (χ0) is 18.1. The number of nitrogens with zero attached hydrogens (tertiary/aromatic N) is 1. The molecule has 0 aliphatic heterocycles. The summed E-state index contributed by atoms with van der Waals surface area (Å²) in [6.07, 6.45) is 4.10. The van der Waals surface area contributed by atoms with Crippen LogP contribution in [0.5, 0.6) is 5.75 Å². The first-order valence-corrected chi connectivity index (χ1v) is 8.13. The molecule has 2 atom stereocenters. The second-order valence-electron chi connectivity index (χ2n) is 5.78. The van der Waals surface area contributed by atoms with Crippen LogP contribution in [0.2, 0.25) is 0 Å². The summed E-state index contributed by atoms with van der Waals surface area (Å²) in [7, 11) is 2.96. The molecule has 1 amide bonds. The van der Waals surface area contributed by atoms with Gasteiger partial charge >= 0.3 is 5.97 Å². The van der Waals surface area contributed by atoms with Crippen molar-refractivity contribution in [1.82, 2.24) is 4.90 Å². The highest BCUT2D eigenvalue weighted by Crippen LogP contribution is 2.15. The molecule has 1 aromatic carbocycles. The van der Waals surface area contributed by atoms with Gasteiger partial charge in [0.25, 0.3) is 0 Å². The third-order valence-electron chi connectivity index (χ3n) is 3.99. The largest absolute Gasteiger partial charge is 0.497 e. The summed E-state index contributed by atoms with van der Waals surface area (Å²) in [6.45, 7) is 6.09. The van der Waals surface area contributed by atoms with Gasteiger partial charge in [-0.3, -0.25) is 9.59 Å². The maximum atomic E-state index is 12.6. The van der Waals surface area contributed by atoms with Crippen LogP contribution in [0.3, 0.4) is 0 Å². The molecule has 0 saturated carbocycles. The zero-order valence-corrected chi connectivity index (χ0v) is 15.1. The van der Waals surface area contributed by atoms with E-state index in [0.717, 1.165) is 17.7 Å². The van der Waals surface area contributed by atoms with Crippen LogP contribution >= 0.6 is 0 Å². The number of esters is 1. The van der Waals surface area contributed by atoms with Crippen LogP contribution in [0.1, 0.15) is 32.8 Å². The van der Waals surface area contributed by atoms with E-state index in [1.807, 2.05) is 38.1 Å². The third kappa shape index (κ3) is 5.72. The third-order valence-corrected chi connectivity index (χ3v) is 3.99. The molecule has 5 nitrogen and oxygen atoms in total. The molecule has 24 heavy (non-hydrogen) atoms. The number of methoxy groups -OCH3 is 2. The van der Waals surface area contributed by atoms with E-state index in [1.165, 1.54) is 13.2 Å². The summed E-state index contributed by atoms with van der Waals surface area (Å²) >= 11 is 0. The predicted molar refractivity (Wildman–Crippen MR) is 94.7 cm³/mol. The van der Waals surface area contributed by atoms with Gasteiger partial charge in [-0.15, -0.1) is 0 Å². The molecule has 0 radical (unpaired) electrons. The first-order chi connectivity index (χ1) is 11.4. The van der Waals surface area contributed by atoms with Crippen molar-refractivity contribution in [3.05, 3.63) is 35.9 Å². The summed E-state index contributed by atoms with van der Waals surface area (Å²) in [5, 5.41) is 0. The maximum absolute atomic E-state index is 12.6. The Morgan fingerprint density at radius 3 is 2.54 bits per heavy atom. The van der Waals surface area contributed by atoms with E-state index in [1.54, 1.807) is 25.0 Å². The van der Waals surface area contributed by atoms with Gasteiger partial charge in [-0.2, -0.15) is 0 Å². The SMILES string of the molecule is CCC(C)N(CC(C)C(=O)OC)C(=O)/C=C/c1cccc(OC)c1. The van der Waals surface area contributed by atoms with Gasteiger partial charge in [-0.1, -0.05) is 26.0 Å². The van der Waals surface area contributed by atoms with Gasteiger partial charge in [0, 0.05) is 18.7 Å². The van der Waals surface area contributed by atoms with Crippen molar-refractivity contribution in [3.63, 3.8) is 0 Å². The molecule has 0 N–H and O–H groups in total. The Morgan fingerprint density at radius 1 is 1.25 bits per heavy atom. The lowest BCUT2D eigenvalue weighted by molar-refractivity contribution is -0.146. The molecule has 1 aromatic rings. The summed E-state index contributed by atoms with van der Waals surface area (Å²) in [4.78, 5) is 25.9. The summed E-state index contributed by atoms with van der Waals surface area (Å²) in [5.41, 5.74) is 0.882. The lowest BCUT2D eigenvalue weighted by atomic mass is 10.1. The van der Waals surface area contributed by atoms with Crippen LogP contribution < -0.4 is 4.74 Å². The van der Waals surface area contributed by atoms with Crippen molar-refractivity contribution in [2.24, 2.45) is 5.92 Å². The summed E-state index contributed by atoms with van der Waals surface area (Å²) in [6, 6.07) is 7.52. The fraction of sp³-hybridized carbons (Fsp3) is 0.474. The zero-order valence-electron chi connectivity index (χ0n) is 15.1. The van der Waals surface area contributed by atoms with Crippen molar-refractivity contribution in [1.29, 1.82) is 0 Å². The van der Waals surface area contributed by atoms with Crippen molar-refractivity contribution < 1.29 is 19.1 Å². The predicted octanol–water partition coefficient (Wildman–Crippen LogP) is 3.14. The van der Waals surface area contributed by atoms with Crippen LogP contribution in [0, 0.1) is 5.92 Å². The van der Waals surface area contributed by atoms with E-state index in [-0.39, 0.29) is 23.8 Å². The topological polar surface area (TPSA) is 55.8 Å². The number of hydrogen-bond acceptors (Lipinski definition) is 4. The van der Waals surface area contributed by atoms with Crippen molar-refractivity contribution in [3.8, 4) is 5.75 Å². The second-order valence-corrected chi connectivity index (χ2v) is 5.78. The van der Waals surface area contributed by atoms with E-state index in [0.29, 0.717) is 6.54 Å². The van der Waals surface area contributed by atoms with E-state index in [9.17, 15) is 9.59 Å². The fourth-order valence-corrected chi connectivity index (χ4v) is 2.29. The lowest BCUT2D eigenvalue weighted by Crippen LogP contribution is -2.42. The van der Waals surface area contributed by atoms with E-state index in [4.69, 9.17) is 9.47 Å². The van der Waals surface area contributed by atoms with Crippen molar-refractivity contribution in [2.75, 3.05) is 20.8 Å². The van der Waals surface area contributed by atoms with Gasteiger partial charge < -0.3 is 14.4 Å². The number of carbonyl (C=O) groups is 2. The molecule has 0 aliphatic carbocycles. The highest BCUT2D eigenvalue weighted by atomic mass is 16.5. The number of benzene rings is 1. The number of ether oxygens (including phenoxy) is 2. The maximum Gasteiger partial charge on any atom is 0.310 e. The second kappa shape index (κ2) is 9.75. The standard InChI is InChI=1S/C19H27NO4/c1-6-15(3)20(13-14(2)19(22)24-5)18(21)11-10-16-8-7-9-17(12-16)23-4/h7-12,14-15H,6,13H2,1-5H3/b11-10+. The molecule has 0 fully saturated rings. The summed E-state index contributed by atoms with van der Waals surface area (Å²) < 4.78 is 9.93. The van der Waals surface area contributed by atoms with Gasteiger partial charge in [-0.05, 0) is 37.1 Å². The number of amides is 1. The fourth-order valence-electron chi connectivity index (χ4n) is 2.29. The quantitative estimate of drug-likeness (QED) is 0.542. The van der Waals surface area contributed by atoms with Gasteiger partial charge in [0.15, 0.2) is 0 Å². The minimum absolute atomic E-state index is 0.0413. The molecule has 1 rings (SSSR count). The van der Waals surface area contributed by atoms with Crippen molar-refractivity contribution in [2.45, 2.75) is 33.2 Å². The number of hydrogen-bond donors (Lipinski definition) is 0. The van der Waals surface area contributed by atoms with Crippen LogP contribution in [-0.4, -0.2) is 43.6 Å². The van der Waals surface area contributed by atoms with Gasteiger partial charge in [0.05, 0.1) is 20.1 Å². The van der Waals surface area contributed by atoms with Crippen molar-refractivity contribution >= 4 is 18.0 Å². The minimum atomic E-state index is -0.363. The average molecular weight is 333 g/mol. The molecular formula is C19H27NO4. The Morgan fingerprint density at radius 2 is 1.96 bits per heavy atom. The molecule has 0 spiro atoms. The smallest absolute Gasteiger partial charge is 0.310 e. The highest BCUT2D eigenvalue weighted by molar-refractivity contribution is 5.92. The molecule has 132 valence electrons. The molecule has 0 aliphatic rings. The Bertz CT molecular complexity index is 582. The van der Waals surface area contributed by atoms with E-state index < -0.39 is 0 Å². The Labute approximate surface area is 144 Å². The van der Waals surface area contributed by atoms with Crippen LogP contribution in [-0.2, 0) is 14.3 Å². The van der Waals surface area contributed by atoms with E-state index in [2.05, 4.69) is 0 Å². The molecule has 0 bridgehead atoms.